The highest BCUT2D eigenvalue weighted by molar-refractivity contribution is 6.40. The van der Waals surface area contributed by atoms with Gasteiger partial charge in [0.2, 0.25) is 5.91 Å². The molecule has 4 rings (SSSR count). The summed E-state index contributed by atoms with van der Waals surface area (Å²) in [5, 5.41) is 14.5. The van der Waals surface area contributed by atoms with E-state index in [2.05, 4.69) is 40.4 Å². The van der Waals surface area contributed by atoms with Gasteiger partial charge in [-0.05, 0) is 94.4 Å². The van der Waals surface area contributed by atoms with E-state index < -0.39 is 0 Å². The van der Waals surface area contributed by atoms with Gasteiger partial charge in [-0.1, -0.05) is 60.1 Å². The third-order valence-corrected chi connectivity index (χ3v) is 8.21. The molecule has 1 atom stereocenters. The first-order valence-electron chi connectivity index (χ1n) is 17.6. The van der Waals surface area contributed by atoms with Gasteiger partial charge >= 0.3 is 18.2 Å². The van der Waals surface area contributed by atoms with Crippen LogP contribution in [-0.2, 0) is 14.4 Å². The lowest BCUT2D eigenvalue weighted by molar-refractivity contribution is -0.191. The Morgan fingerprint density at radius 3 is 1.52 bits per heavy atom. The van der Waals surface area contributed by atoms with E-state index in [1.165, 1.54) is 25.0 Å². The molecule has 2 aromatic rings. The zero-order valence-corrected chi connectivity index (χ0v) is 33.3. The first-order valence-corrected chi connectivity index (χ1v) is 18.6. The Bertz CT molecular complexity index is 1380. The summed E-state index contributed by atoms with van der Waals surface area (Å²) in [6.07, 6.45) is 7.05. The number of carbonyl (C=O) groups is 3. The lowest BCUT2D eigenvalue weighted by Crippen LogP contribution is -2.48. The normalized spacial score (nSPS) is 13.9. The Kier molecular flexibility index (Phi) is 33.1. The number of benzene rings is 2. The van der Waals surface area contributed by atoms with Crippen molar-refractivity contribution in [2.24, 2.45) is 5.92 Å². The Morgan fingerprint density at radius 2 is 1.19 bits per heavy atom. The van der Waals surface area contributed by atoms with Crippen molar-refractivity contribution in [2.45, 2.75) is 106 Å². The van der Waals surface area contributed by atoms with Crippen LogP contribution in [0.3, 0.4) is 0 Å². The van der Waals surface area contributed by atoms with Crippen molar-refractivity contribution < 1.29 is 32.8 Å². The number of anilines is 2. The van der Waals surface area contributed by atoms with Crippen LogP contribution in [0.1, 0.15) is 91.2 Å². The predicted molar refractivity (Wildman–Crippen MR) is 216 cm³/mol. The van der Waals surface area contributed by atoms with Crippen LogP contribution in [0.25, 0.3) is 0 Å². The van der Waals surface area contributed by atoms with E-state index in [4.69, 9.17) is 32.8 Å². The largest absolute Gasteiger partial charge is 0.373 e. The van der Waals surface area contributed by atoms with E-state index >= 15 is 0 Å². The second-order valence-electron chi connectivity index (χ2n) is 12.2. The first kappa shape index (κ1) is 54.6. The van der Waals surface area contributed by atoms with Gasteiger partial charge in [0, 0.05) is 50.9 Å². The maximum atomic E-state index is 13.5. The average molecular weight is 801 g/mol. The number of likely N-dealkylation sites (tertiary alicyclic amines) is 1. The Morgan fingerprint density at radius 1 is 0.815 bits per heavy atom. The van der Waals surface area contributed by atoms with Crippen molar-refractivity contribution in [3.63, 3.8) is 0 Å². The lowest BCUT2D eigenvalue weighted by Gasteiger charge is -2.33. The maximum absolute atomic E-state index is 13.5. The second-order valence-corrected chi connectivity index (χ2v) is 13.1. The molecule has 2 fully saturated rings. The van der Waals surface area contributed by atoms with E-state index in [0.29, 0.717) is 35.6 Å². The van der Waals surface area contributed by atoms with E-state index in [0.717, 1.165) is 45.2 Å². The van der Waals surface area contributed by atoms with Crippen LogP contribution in [-0.4, -0.2) is 81.0 Å². The molecule has 2 aromatic carbocycles. The van der Waals surface area contributed by atoms with Gasteiger partial charge in [0.15, 0.2) is 0 Å². The minimum atomic E-state index is -0.343. The zero-order chi connectivity index (χ0) is 39.5. The minimum Gasteiger partial charge on any atom is -0.342 e. The molecule has 3 radical (unpaired) electrons. The number of hydrogen-bond acceptors (Lipinski definition) is 6. The summed E-state index contributed by atoms with van der Waals surface area (Å²) in [5.41, 5.74) is 2.02. The monoisotopic (exact) mass is 799 g/mol. The molecule has 0 saturated carbocycles. The SMILES string of the molecule is C.CCCC.CC[C@H](C)C(=O)N1CCC(NC(=O)Nc2ccc(C)c(F)c2)CC1.Cc1ccc(NC(=O)NC2CCNCC2)cc1F.ClCCl.O=C=O.[B]. The molecule has 2 heterocycles. The maximum Gasteiger partial charge on any atom is 0.373 e. The summed E-state index contributed by atoms with van der Waals surface area (Å²) in [7, 11) is 0. The van der Waals surface area contributed by atoms with E-state index in [1.807, 2.05) is 18.7 Å². The summed E-state index contributed by atoms with van der Waals surface area (Å²) >= 11 is 9.53. The van der Waals surface area contributed by atoms with Crippen LogP contribution in [0.5, 0.6) is 0 Å². The van der Waals surface area contributed by atoms with Crippen LogP contribution in [0.2, 0.25) is 0 Å². The molecule has 2 aliphatic rings. The van der Waals surface area contributed by atoms with Gasteiger partial charge in [-0.25, -0.2) is 18.4 Å². The quantitative estimate of drug-likeness (QED) is 0.141. The standard InChI is InChI=1S/C18H26FN3O2.C13H18FN3O.C4H10.CH2Cl2.CO2.CH4.B/c1-4-12(2)17(23)22-9-7-14(8-10-22)20-18(24)21-15-6-5-13(3)16(19)11-15;1-9-2-3-11(8-12(9)14)17-13(18)16-10-4-6-15-7-5-10;1-3-4-2;2*2-1-3;;/h5-6,11-12,14H,4,7-10H2,1-3H3,(H2,20,21,24);2-3,8,10,15H,4-7H2,1H3,(H2,16,17,18);3-4H2,1-2H3;1H2;;1H4;/t12-;;;;;;/m0....../s1. The molecule has 2 saturated heterocycles. The van der Waals surface area contributed by atoms with Crippen LogP contribution in [0.4, 0.5) is 29.7 Å². The number of aryl methyl sites for hydroxylation is 2. The van der Waals surface area contributed by atoms with Gasteiger partial charge in [0.1, 0.15) is 11.6 Å². The van der Waals surface area contributed by atoms with Gasteiger partial charge in [-0.2, -0.15) is 9.59 Å². The Labute approximate surface area is 333 Å². The molecule has 0 aliphatic carbocycles. The molecule has 16 heteroatoms. The van der Waals surface area contributed by atoms with Gasteiger partial charge < -0.3 is 31.5 Å². The molecule has 0 bridgehead atoms. The molecule has 0 aromatic heterocycles. The van der Waals surface area contributed by atoms with Crippen LogP contribution in [0, 0.1) is 31.4 Å². The molecular formula is C38H60BCl2F2N6O5. The number of rotatable bonds is 7. The summed E-state index contributed by atoms with van der Waals surface area (Å²) in [5.74, 6) is -0.413. The summed E-state index contributed by atoms with van der Waals surface area (Å²) in [6, 6.07) is 8.89. The van der Waals surface area contributed by atoms with Crippen molar-refractivity contribution in [3.05, 3.63) is 59.2 Å². The highest BCUT2D eigenvalue weighted by Crippen LogP contribution is 2.17. The molecule has 5 amide bonds. The number of piperidine rings is 2. The number of alkyl halides is 2. The minimum absolute atomic E-state index is 0. The predicted octanol–water partition coefficient (Wildman–Crippen LogP) is 8.20. The Hall–Kier alpha value is -3.71. The fourth-order valence-corrected chi connectivity index (χ4v) is 4.74. The van der Waals surface area contributed by atoms with Crippen LogP contribution in [0.15, 0.2) is 36.4 Å². The van der Waals surface area contributed by atoms with Gasteiger partial charge in [-0.3, -0.25) is 4.79 Å². The lowest BCUT2D eigenvalue weighted by atomic mass is 10.0. The molecule has 2 aliphatic heterocycles. The summed E-state index contributed by atoms with van der Waals surface area (Å²) in [6.45, 7) is 14.8. The smallest absolute Gasteiger partial charge is 0.342 e. The van der Waals surface area contributed by atoms with Gasteiger partial charge in [-0.15, -0.1) is 23.2 Å². The van der Waals surface area contributed by atoms with Crippen LogP contribution < -0.4 is 26.6 Å². The molecule has 5 N–H and O–H groups in total. The number of urea groups is 2. The van der Waals surface area contributed by atoms with Gasteiger partial charge in [0.05, 0.1) is 5.34 Å². The Balaban J connectivity index is -0.000000765. The van der Waals surface area contributed by atoms with Crippen molar-refractivity contribution in [1.29, 1.82) is 0 Å². The van der Waals surface area contributed by atoms with Crippen molar-refractivity contribution >= 4 is 67.1 Å². The third-order valence-electron chi connectivity index (χ3n) is 8.21. The highest BCUT2D eigenvalue weighted by Gasteiger charge is 2.26. The fraction of sp³-hybridized carbons (Fsp3) is 0.579. The summed E-state index contributed by atoms with van der Waals surface area (Å²) in [4.78, 5) is 54.0. The number of amides is 5. The molecule has 303 valence electrons. The fourth-order valence-electron chi connectivity index (χ4n) is 4.74. The van der Waals surface area contributed by atoms with Crippen molar-refractivity contribution in [3.8, 4) is 0 Å². The number of nitrogens with zero attached hydrogens (tertiary/aromatic N) is 1. The highest BCUT2D eigenvalue weighted by atomic mass is 35.5. The average Bonchev–Trinajstić information content (AvgIpc) is 3.12. The van der Waals surface area contributed by atoms with E-state index in [9.17, 15) is 23.2 Å². The van der Waals surface area contributed by atoms with Crippen molar-refractivity contribution in [2.75, 3.05) is 42.2 Å². The van der Waals surface area contributed by atoms with Gasteiger partial charge in [0.25, 0.3) is 0 Å². The number of nitrogens with one attached hydrogen (secondary N) is 5. The number of halogens is 4. The number of hydrogen-bond donors (Lipinski definition) is 5. The molecule has 0 spiro atoms. The van der Waals surface area contributed by atoms with E-state index in [1.54, 1.807) is 38.1 Å². The topological polar surface area (TPSA) is 149 Å². The number of carbonyl (C=O) groups excluding carboxylic acids is 5. The zero-order valence-electron chi connectivity index (χ0n) is 31.8. The molecule has 54 heavy (non-hydrogen) atoms. The number of unbranched alkanes of at least 4 members (excludes halogenated alkanes) is 1. The second kappa shape index (κ2) is 32.7. The molecule has 0 unspecified atom stereocenters. The first-order chi connectivity index (χ1) is 24.8. The third kappa shape index (κ3) is 23.9. The molecular weight excluding hydrogens is 740 g/mol. The molecule has 11 nitrogen and oxygen atoms in total. The summed E-state index contributed by atoms with van der Waals surface area (Å²) < 4.78 is 26.8. The van der Waals surface area contributed by atoms with Crippen molar-refractivity contribution in [1.82, 2.24) is 20.9 Å². The van der Waals surface area contributed by atoms with E-state index in [-0.39, 0.29) is 74.9 Å². The van der Waals surface area contributed by atoms with Crippen LogP contribution >= 0.6 is 23.2 Å².